The number of ether oxygens (including phenoxy) is 3. The van der Waals surface area contributed by atoms with Gasteiger partial charge in [-0.05, 0) is 48.4 Å². The Bertz CT molecular complexity index is 1050. The summed E-state index contributed by atoms with van der Waals surface area (Å²) in [5.41, 5.74) is 1.74. The Hall–Kier alpha value is -2.88. The number of carbonyl (C=O) groups is 1. The fourth-order valence-electron chi connectivity index (χ4n) is 3.16. The maximum Gasteiger partial charge on any atom is 0.248 e. The molecule has 2 aromatic carbocycles. The number of sulfonamides is 1. The zero-order valence-corrected chi connectivity index (χ0v) is 18.6. The predicted octanol–water partition coefficient (Wildman–Crippen LogP) is 2.69. The first-order chi connectivity index (χ1) is 14.8. The zero-order chi connectivity index (χ0) is 22.4. The average Bonchev–Trinajstić information content (AvgIpc) is 2.79. The molecule has 0 bridgehead atoms. The Morgan fingerprint density at radius 2 is 1.71 bits per heavy atom. The van der Waals surface area contributed by atoms with Gasteiger partial charge in [0.25, 0.3) is 0 Å². The van der Waals surface area contributed by atoms with Crippen LogP contribution in [-0.4, -0.2) is 59.2 Å². The summed E-state index contributed by atoms with van der Waals surface area (Å²) in [4.78, 5) is 12.6. The summed E-state index contributed by atoms with van der Waals surface area (Å²) in [5, 5.41) is 2.72. The van der Waals surface area contributed by atoms with Gasteiger partial charge in [0.1, 0.15) is 11.5 Å². The molecule has 0 saturated carbocycles. The molecule has 31 heavy (non-hydrogen) atoms. The van der Waals surface area contributed by atoms with E-state index in [1.165, 1.54) is 16.4 Å². The highest BCUT2D eigenvalue weighted by Gasteiger charge is 2.28. The van der Waals surface area contributed by atoms with Crippen LogP contribution in [0.15, 0.2) is 47.4 Å². The number of rotatable bonds is 7. The summed E-state index contributed by atoms with van der Waals surface area (Å²) < 4.78 is 43.1. The van der Waals surface area contributed by atoms with Crippen molar-refractivity contribution in [3.63, 3.8) is 0 Å². The number of anilines is 1. The lowest BCUT2D eigenvalue weighted by molar-refractivity contribution is -0.111. The molecule has 0 aromatic heterocycles. The fraction of sp³-hybridized carbons (Fsp3) is 0.318. The molecule has 0 radical (unpaired) electrons. The highest BCUT2D eigenvalue weighted by molar-refractivity contribution is 7.89. The van der Waals surface area contributed by atoms with Gasteiger partial charge >= 0.3 is 0 Å². The lowest BCUT2D eigenvalue weighted by atomic mass is 10.2. The summed E-state index contributed by atoms with van der Waals surface area (Å²) in [6.45, 7) is 3.09. The van der Waals surface area contributed by atoms with Crippen LogP contribution in [0.3, 0.4) is 0 Å². The molecule has 1 saturated heterocycles. The largest absolute Gasteiger partial charge is 0.497 e. The minimum Gasteiger partial charge on any atom is -0.497 e. The van der Waals surface area contributed by atoms with E-state index in [1.807, 2.05) is 0 Å². The molecule has 0 spiro atoms. The summed E-state index contributed by atoms with van der Waals surface area (Å²) >= 11 is 0. The third-order valence-electron chi connectivity index (χ3n) is 4.84. The maximum absolute atomic E-state index is 13.0. The first-order valence-corrected chi connectivity index (χ1v) is 11.2. The molecule has 1 amide bonds. The number of amides is 1. The Morgan fingerprint density at radius 1 is 1.06 bits per heavy atom. The standard InChI is InChI=1S/C22H26N2O6S/c1-16-4-6-18(14-21(16)31(26,27)24-8-10-30-11-9-24)23-22(25)7-5-17-12-19(28-2)15-20(13-17)29-3/h4-7,12-15H,8-11H2,1-3H3,(H,23,25)/b7-5+. The number of benzene rings is 2. The molecule has 1 aliphatic heterocycles. The second-order valence-corrected chi connectivity index (χ2v) is 8.87. The SMILES string of the molecule is COc1cc(/C=C/C(=O)Nc2ccc(C)c(S(=O)(=O)N3CCOCC3)c2)cc(OC)c1. The van der Waals surface area contributed by atoms with Crippen molar-refractivity contribution in [2.24, 2.45) is 0 Å². The lowest BCUT2D eigenvalue weighted by Gasteiger charge is -2.26. The normalized spacial score (nSPS) is 15.1. The van der Waals surface area contributed by atoms with Gasteiger partial charge in [-0.25, -0.2) is 8.42 Å². The van der Waals surface area contributed by atoms with E-state index in [2.05, 4.69) is 5.32 Å². The van der Waals surface area contributed by atoms with E-state index >= 15 is 0 Å². The topological polar surface area (TPSA) is 94.2 Å². The van der Waals surface area contributed by atoms with Crippen LogP contribution in [0.4, 0.5) is 5.69 Å². The van der Waals surface area contributed by atoms with E-state index in [0.717, 1.165) is 5.56 Å². The lowest BCUT2D eigenvalue weighted by Crippen LogP contribution is -2.40. The second kappa shape index (κ2) is 9.95. The molecule has 0 atom stereocenters. The van der Waals surface area contributed by atoms with Crippen molar-refractivity contribution in [3.8, 4) is 11.5 Å². The summed E-state index contributed by atoms with van der Waals surface area (Å²) in [6, 6.07) is 10.1. The van der Waals surface area contributed by atoms with Crippen LogP contribution in [-0.2, 0) is 19.6 Å². The fourth-order valence-corrected chi connectivity index (χ4v) is 4.82. The number of nitrogens with one attached hydrogen (secondary N) is 1. The molecule has 1 aliphatic rings. The number of carbonyl (C=O) groups excluding carboxylic acids is 1. The molecule has 8 nitrogen and oxygen atoms in total. The smallest absolute Gasteiger partial charge is 0.248 e. The molecular formula is C22H26N2O6S. The van der Waals surface area contributed by atoms with Crippen LogP contribution >= 0.6 is 0 Å². The van der Waals surface area contributed by atoms with Crippen molar-refractivity contribution in [2.75, 3.05) is 45.8 Å². The van der Waals surface area contributed by atoms with Gasteiger partial charge in [-0.2, -0.15) is 4.31 Å². The molecule has 1 heterocycles. The first kappa shape index (κ1) is 22.8. The molecule has 2 aromatic rings. The Balaban J connectivity index is 1.76. The third-order valence-corrected chi connectivity index (χ3v) is 6.89. The highest BCUT2D eigenvalue weighted by Crippen LogP contribution is 2.25. The molecule has 0 aliphatic carbocycles. The van der Waals surface area contributed by atoms with E-state index in [4.69, 9.17) is 14.2 Å². The average molecular weight is 447 g/mol. The van der Waals surface area contributed by atoms with Gasteiger partial charge in [-0.3, -0.25) is 4.79 Å². The van der Waals surface area contributed by atoms with E-state index in [-0.39, 0.29) is 10.8 Å². The van der Waals surface area contributed by atoms with Crippen molar-refractivity contribution in [2.45, 2.75) is 11.8 Å². The van der Waals surface area contributed by atoms with Crippen LogP contribution in [0, 0.1) is 6.92 Å². The quantitative estimate of drug-likeness (QED) is 0.658. The van der Waals surface area contributed by atoms with E-state index in [0.29, 0.717) is 49.1 Å². The number of hydrogen-bond acceptors (Lipinski definition) is 6. The van der Waals surface area contributed by atoms with Gasteiger partial charge < -0.3 is 19.5 Å². The summed E-state index contributed by atoms with van der Waals surface area (Å²) in [5.74, 6) is 0.826. The maximum atomic E-state index is 13.0. The predicted molar refractivity (Wildman–Crippen MR) is 118 cm³/mol. The van der Waals surface area contributed by atoms with Gasteiger partial charge in [0, 0.05) is 30.9 Å². The number of nitrogens with zero attached hydrogens (tertiary/aromatic N) is 1. The van der Waals surface area contributed by atoms with Crippen LogP contribution in [0.5, 0.6) is 11.5 Å². The Labute approximate surface area is 182 Å². The van der Waals surface area contributed by atoms with Gasteiger partial charge in [0.05, 0.1) is 32.3 Å². The van der Waals surface area contributed by atoms with E-state index < -0.39 is 10.0 Å². The van der Waals surface area contributed by atoms with Crippen LogP contribution in [0.1, 0.15) is 11.1 Å². The van der Waals surface area contributed by atoms with E-state index in [1.54, 1.807) is 57.6 Å². The third kappa shape index (κ3) is 5.63. The van der Waals surface area contributed by atoms with Gasteiger partial charge in [-0.1, -0.05) is 6.07 Å². The summed E-state index contributed by atoms with van der Waals surface area (Å²) in [7, 11) is -0.564. The van der Waals surface area contributed by atoms with Gasteiger partial charge in [0.2, 0.25) is 15.9 Å². The summed E-state index contributed by atoms with van der Waals surface area (Å²) in [6.07, 6.45) is 2.99. The molecule has 1 fully saturated rings. The van der Waals surface area contributed by atoms with Gasteiger partial charge in [-0.15, -0.1) is 0 Å². The second-order valence-electron chi connectivity index (χ2n) is 6.97. The number of methoxy groups -OCH3 is 2. The van der Waals surface area contributed by atoms with Gasteiger partial charge in [0.15, 0.2) is 0 Å². The number of aryl methyl sites for hydroxylation is 1. The van der Waals surface area contributed by atoms with E-state index in [9.17, 15) is 13.2 Å². The van der Waals surface area contributed by atoms with Crippen LogP contribution < -0.4 is 14.8 Å². The Morgan fingerprint density at radius 3 is 2.32 bits per heavy atom. The van der Waals surface area contributed by atoms with Crippen molar-refractivity contribution in [1.82, 2.24) is 4.31 Å². The Kier molecular flexibility index (Phi) is 7.32. The number of hydrogen-bond donors (Lipinski definition) is 1. The van der Waals surface area contributed by atoms with Crippen LogP contribution in [0.25, 0.3) is 6.08 Å². The minimum atomic E-state index is -3.67. The van der Waals surface area contributed by atoms with Crippen molar-refractivity contribution in [1.29, 1.82) is 0 Å². The number of morpholine rings is 1. The highest BCUT2D eigenvalue weighted by atomic mass is 32.2. The molecule has 9 heteroatoms. The van der Waals surface area contributed by atoms with Crippen molar-refractivity contribution in [3.05, 3.63) is 53.6 Å². The zero-order valence-electron chi connectivity index (χ0n) is 17.8. The molecular weight excluding hydrogens is 420 g/mol. The first-order valence-electron chi connectivity index (χ1n) is 9.74. The molecule has 1 N–H and O–H groups in total. The molecule has 166 valence electrons. The monoisotopic (exact) mass is 446 g/mol. The van der Waals surface area contributed by atoms with Crippen LogP contribution in [0.2, 0.25) is 0 Å². The van der Waals surface area contributed by atoms with Crippen molar-refractivity contribution < 1.29 is 27.4 Å². The van der Waals surface area contributed by atoms with Crippen molar-refractivity contribution >= 4 is 27.7 Å². The molecule has 3 rings (SSSR count). The molecule has 0 unspecified atom stereocenters. The minimum absolute atomic E-state index is 0.175.